The predicted octanol–water partition coefficient (Wildman–Crippen LogP) is 5.13. The van der Waals surface area contributed by atoms with E-state index in [4.69, 9.17) is 15.9 Å². The van der Waals surface area contributed by atoms with Gasteiger partial charge in [0.25, 0.3) is 0 Å². The third-order valence-corrected chi connectivity index (χ3v) is 6.88. The molecule has 1 saturated carbocycles. The summed E-state index contributed by atoms with van der Waals surface area (Å²) in [6, 6.07) is 4.82. The summed E-state index contributed by atoms with van der Waals surface area (Å²) in [7, 11) is 1.59. The minimum Gasteiger partial charge on any atom is -0.423 e. The van der Waals surface area contributed by atoms with E-state index in [1.165, 1.54) is 35.1 Å². The van der Waals surface area contributed by atoms with Crippen LogP contribution in [0.2, 0.25) is 0 Å². The number of esters is 1. The number of carbonyl (C=O) groups excluding carboxylic acids is 1. The zero-order valence-corrected chi connectivity index (χ0v) is 17.6. The lowest BCUT2D eigenvalue weighted by Crippen LogP contribution is -2.35. The molecule has 0 bridgehead atoms. The van der Waals surface area contributed by atoms with E-state index < -0.39 is 11.8 Å². The number of rotatable bonds is 3. The molecule has 0 saturated heterocycles. The van der Waals surface area contributed by atoms with Crippen LogP contribution in [0, 0.1) is 19.3 Å². The molecule has 3 heteroatoms. The van der Waals surface area contributed by atoms with Crippen LogP contribution in [0.25, 0.3) is 0 Å². The third-order valence-electron chi connectivity index (χ3n) is 6.88. The van der Waals surface area contributed by atoms with Crippen LogP contribution in [0.5, 0.6) is 0 Å². The molecule has 0 amide bonds. The van der Waals surface area contributed by atoms with Crippen molar-refractivity contribution in [2.45, 2.75) is 89.3 Å². The number of carbonyl (C=O) groups is 1. The molecule has 2 unspecified atom stereocenters. The van der Waals surface area contributed by atoms with Crippen molar-refractivity contribution in [1.82, 2.24) is 0 Å². The van der Waals surface area contributed by atoms with Gasteiger partial charge in [-0.3, -0.25) is 0 Å². The van der Waals surface area contributed by atoms with Crippen LogP contribution < -0.4 is 0 Å². The molecule has 2 aliphatic carbocycles. The normalized spacial score (nSPS) is 28.3. The van der Waals surface area contributed by atoms with Gasteiger partial charge in [0, 0.05) is 25.9 Å². The molecule has 27 heavy (non-hydrogen) atoms. The van der Waals surface area contributed by atoms with Gasteiger partial charge < -0.3 is 9.47 Å². The Balaban J connectivity index is 1.97. The second kappa shape index (κ2) is 6.67. The lowest BCUT2D eigenvalue weighted by atomic mass is 9.62. The van der Waals surface area contributed by atoms with E-state index in [-0.39, 0.29) is 10.8 Å². The van der Waals surface area contributed by atoms with E-state index in [0.717, 1.165) is 6.42 Å². The maximum absolute atomic E-state index is 11.7. The largest absolute Gasteiger partial charge is 0.423 e. The van der Waals surface area contributed by atoms with Gasteiger partial charge in [0.1, 0.15) is 0 Å². The maximum Gasteiger partial charge on any atom is 0.386 e. The maximum atomic E-state index is 11.7. The van der Waals surface area contributed by atoms with E-state index in [2.05, 4.69) is 46.8 Å². The molecule has 1 fully saturated rings. The average Bonchev–Trinajstić information content (AvgIpc) is 3.03. The lowest BCUT2D eigenvalue weighted by molar-refractivity contribution is -0.213. The lowest BCUT2D eigenvalue weighted by Gasteiger charge is -2.42. The Morgan fingerprint density at radius 1 is 1.11 bits per heavy atom. The SMILES string of the molecule is C#CC(=O)OC1(OC)CCC(c2cc3c(cc2C)C(C)(C)CCC3(C)C)C1. The average molecular weight is 369 g/mol. The van der Waals surface area contributed by atoms with E-state index in [9.17, 15) is 4.79 Å². The molecule has 0 spiro atoms. The molecule has 1 aromatic rings. The minimum absolute atomic E-state index is 0.181. The molecule has 0 N–H and O–H groups in total. The monoisotopic (exact) mass is 368 g/mol. The number of terminal acetylenes is 1. The summed E-state index contributed by atoms with van der Waals surface area (Å²) in [4.78, 5) is 11.7. The quantitative estimate of drug-likeness (QED) is 0.321. The number of hydrogen-bond donors (Lipinski definition) is 0. The summed E-state index contributed by atoms with van der Waals surface area (Å²) >= 11 is 0. The summed E-state index contributed by atoms with van der Waals surface area (Å²) < 4.78 is 11.1. The summed E-state index contributed by atoms with van der Waals surface area (Å²) in [5.74, 6) is 0.796. The van der Waals surface area contributed by atoms with Crippen molar-refractivity contribution in [3.63, 3.8) is 0 Å². The molecule has 3 rings (SSSR count). The van der Waals surface area contributed by atoms with Crippen molar-refractivity contribution >= 4 is 5.97 Å². The number of benzene rings is 1. The number of hydrogen-bond acceptors (Lipinski definition) is 3. The topological polar surface area (TPSA) is 35.5 Å². The fourth-order valence-corrected chi connectivity index (χ4v) is 4.94. The number of ether oxygens (including phenoxy) is 2. The second-order valence-corrected chi connectivity index (χ2v) is 9.61. The summed E-state index contributed by atoms with van der Waals surface area (Å²) in [5.41, 5.74) is 6.02. The fourth-order valence-electron chi connectivity index (χ4n) is 4.94. The first-order valence-electron chi connectivity index (χ1n) is 9.94. The van der Waals surface area contributed by atoms with Crippen molar-refractivity contribution in [2.24, 2.45) is 0 Å². The number of methoxy groups -OCH3 is 1. The first-order valence-corrected chi connectivity index (χ1v) is 9.94. The van der Waals surface area contributed by atoms with Gasteiger partial charge in [-0.15, -0.1) is 6.42 Å². The third kappa shape index (κ3) is 3.52. The molecule has 0 radical (unpaired) electrons. The molecular weight excluding hydrogens is 336 g/mol. The van der Waals surface area contributed by atoms with Crippen molar-refractivity contribution in [2.75, 3.05) is 7.11 Å². The summed E-state index contributed by atoms with van der Waals surface area (Å²) in [6.45, 7) is 11.6. The number of fused-ring (bicyclic) bond motifs is 1. The smallest absolute Gasteiger partial charge is 0.386 e. The molecule has 0 aliphatic heterocycles. The second-order valence-electron chi connectivity index (χ2n) is 9.61. The summed E-state index contributed by atoms with van der Waals surface area (Å²) in [6.07, 6.45) is 9.85. The van der Waals surface area contributed by atoms with E-state index in [1.807, 2.05) is 5.92 Å². The van der Waals surface area contributed by atoms with Crippen molar-refractivity contribution in [3.05, 3.63) is 34.4 Å². The van der Waals surface area contributed by atoms with Gasteiger partial charge in [-0.2, -0.15) is 0 Å². The van der Waals surface area contributed by atoms with Crippen LogP contribution >= 0.6 is 0 Å². The van der Waals surface area contributed by atoms with Crippen LogP contribution in [0.1, 0.15) is 88.0 Å². The van der Waals surface area contributed by atoms with Crippen LogP contribution in [0.15, 0.2) is 12.1 Å². The molecule has 0 aromatic heterocycles. The molecule has 2 aliphatic rings. The van der Waals surface area contributed by atoms with Crippen LogP contribution in [0.4, 0.5) is 0 Å². The van der Waals surface area contributed by atoms with Crippen molar-refractivity contribution in [1.29, 1.82) is 0 Å². The Morgan fingerprint density at radius 3 is 2.26 bits per heavy atom. The van der Waals surface area contributed by atoms with Crippen LogP contribution in [0.3, 0.4) is 0 Å². The number of aryl methyl sites for hydroxylation is 1. The highest BCUT2D eigenvalue weighted by Gasteiger charge is 2.45. The van der Waals surface area contributed by atoms with Gasteiger partial charge in [-0.05, 0) is 65.2 Å². The zero-order valence-electron chi connectivity index (χ0n) is 17.6. The first kappa shape index (κ1) is 20.0. The van der Waals surface area contributed by atoms with Crippen LogP contribution in [-0.4, -0.2) is 18.9 Å². The molecule has 1 aromatic carbocycles. The zero-order chi connectivity index (χ0) is 20.0. The Kier molecular flexibility index (Phi) is 4.93. The van der Waals surface area contributed by atoms with Gasteiger partial charge >= 0.3 is 5.97 Å². The van der Waals surface area contributed by atoms with Gasteiger partial charge in [0.05, 0.1) is 0 Å². The Bertz CT molecular complexity index is 797. The Hall–Kier alpha value is -1.79. The van der Waals surface area contributed by atoms with E-state index >= 15 is 0 Å². The van der Waals surface area contributed by atoms with Gasteiger partial charge in [-0.1, -0.05) is 39.8 Å². The molecule has 2 atom stereocenters. The highest BCUT2D eigenvalue weighted by Crippen LogP contribution is 2.50. The van der Waals surface area contributed by atoms with Crippen molar-refractivity contribution in [3.8, 4) is 12.3 Å². The van der Waals surface area contributed by atoms with E-state index in [0.29, 0.717) is 18.8 Å². The summed E-state index contributed by atoms with van der Waals surface area (Å²) in [5, 5.41) is 0. The van der Waals surface area contributed by atoms with Crippen molar-refractivity contribution < 1.29 is 14.3 Å². The molecule has 146 valence electrons. The molecule has 0 heterocycles. The highest BCUT2D eigenvalue weighted by molar-refractivity contribution is 5.87. The Morgan fingerprint density at radius 2 is 1.70 bits per heavy atom. The van der Waals surface area contributed by atoms with Gasteiger partial charge in [-0.25, -0.2) is 4.79 Å². The fraction of sp³-hybridized carbons (Fsp3) is 0.625. The standard InChI is InChI=1S/C24H32O3/c1-8-21(25)27-24(26-7)10-9-17(15-24)18-14-20-19(13-16(18)2)22(3,4)11-12-23(20,5)6/h1,13-14,17H,9-12,15H2,2-7H3. The first-order chi connectivity index (χ1) is 12.5. The molecular formula is C24H32O3. The highest BCUT2D eigenvalue weighted by atomic mass is 16.7. The molecule has 3 nitrogen and oxygen atoms in total. The van der Waals surface area contributed by atoms with Gasteiger partial charge in [0.2, 0.25) is 5.79 Å². The Labute approximate surface area is 163 Å². The van der Waals surface area contributed by atoms with Gasteiger partial charge in [0.15, 0.2) is 0 Å². The van der Waals surface area contributed by atoms with E-state index in [1.54, 1.807) is 7.11 Å². The predicted molar refractivity (Wildman–Crippen MR) is 108 cm³/mol. The minimum atomic E-state index is -0.898. The van der Waals surface area contributed by atoms with Crippen LogP contribution in [-0.2, 0) is 25.1 Å².